The smallest absolute Gasteiger partial charge is 0.254 e. The molecule has 3 aromatic heterocycles. The van der Waals surface area contributed by atoms with E-state index >= 15 is 0 Å². The van der Waals surface area contributed by atoms with Crippen LogP contribution in [0.5, 0.6) is 0 Å². The first-order chi connectivity index (χ1) is 12.2. The topological polar surface area (TPSA) is 62.7 Å². The predicted molar refractivity (Wildman–Crippen MR) is 100 cm³/mol. The van der Waals surface area contributed by atoms with Gasteiger partial charge in [-0.25, -0.2) is 0 Å². The molecule has 6 heteroatoms. The molecule has 0 saturated carbocycles. The lowest BCUT2D eigenvalue weighted by Crippen LogP contribution is -2.28. The standard InChI is InChI=1S/C19H18N4OS/c1-23-12-13(9-22-23)19(24)21-11-16(18-7-4-8-25-18)15-10-20-17-6-3-2-5-14(15)17/h2-10,12,16,20H,11H2,1H3,(H,21,24)/t16-/m0/s1. The fraction of sp³-hybridized carbons (Fsp3) is 0.158. The Bertz CT molecular complexity index is 999. The molecule has 1 aromatic carbocycles. The van der Waals surface area contributed by atoms with E-state index in [1.54, 1.807) is 35.5 Å². The predicted octanol–water partition coefficient (Wildman–Crippen LogP) is 3.52. The number of carbonyl (C=O) groups is 1. The normalized spacial score (nSPS) is 12.4. The molecule has 126 valence electrons. The van der Waals surface area contributed by atoms with Gasteiger partial charge in [-0.3, -0.25) is 9.48 Å². The summed E-state index contributed by atoms with van der Waals surface area (Å²) in [7, 11) is 1.80. The zero-order valence-corrected chi connectivity index (χ0v) is 14.6. The first-order valence-corrected chi connectivity index (χ1v) is 8.96. The maximum Gasteiger partial charge on any atom is 0.254 e. The summed E-state index contributed by atoms with van der Waals surface area (Å²) in [6.07, 6.45) is 5.35. The summed E-state index contributed by atoms with van der Waals surface area (Å²) in [6, 6.07) is 12.4. The Morgan fingerprint density at radius 3 is 2.96 bits per heavy atom. The highest BCUT2D eigenvalue weighted by atomic mass is 32.1. The number of H-pyrrole nitrogens is 1. The summed E-state index contributed by atoms with van der Waals surface area (Å²) in [4.78, 5) is 17.0. The van der Waals surface area contributed by atoms with Crippen LogP contribution >= 0.6 is 11.3 Å². The molecule has 0 aliphatic carbocycles. The van der Waals surface area contributed by atoms with E-state index in [0.717, 1.165) is 5.52 Å². The summed E-state index contributed by atoms with van der Waals surface area (Å²) in [5.74, 6) is 0.00580. The molecule has 0 fully saturated rings. The quantitative estimate of drug-likeness (QED) is 0.578. The Hall–Kier alpha value is -2.86. The number of nitrogens with one attached hydrogen (secondary N) is 2. The van der Waals surface area contributed by atoms with Crippen LogP contribution in [0.15, 0.2) is 60.4 Å². The van der Waals surface area contributed by atoms with E-state index in [0.29, 0.717) is 12.1 Å². The average molecular weight is 350 g/mol. The van der Waals surface area contributed by atoms with Crippen LogP contribution in [0.2, 0.25) is 0 Å². The van der Waals surface area contributed by atoms with E-state index < -0.39 is 0 Å². The molecule has 4 rings (SSSR count). The first kappa shape index (κ1) is 15.7. The minimum absolute atomic E-state index is 0.102. The Kier molecular flexibility index (Phi) is 4.11. The van der Waals surface area contributed by atoms with Crippen molar-refractivity contribution in [3.8, 4) is 0 Å². The molecule has 2 N–H and O–H groups in total. The Morgan fingerprint density at radius 1 is 1.32 bits per heavy atom. The van der Waals surface area contributed by atoms with Crippen LogP contribution in [0.1, 0.15) is 26.7 Å². The van der Waals surface area contributed by atoms with E-state index in [9.17, 15) is 4.79 Å². The van der Waals surface area contributed by atoms with Crippen LogP contribution in [0.4, 0.5) is 0 Å². The van der Waals surface area contributed by atoms with Crippen LogP contribution < -0.4 is 5.32 Å². The number of aromatic nitrogens is 3. The van der Waals surface area contributed by atoms with Crippen LogP contribution in [0.3, 0.4) is 0 Å². The van der Waals surface area contributed by atoms with Crippen molar-refractivity contribution in [2.24, 2.45) is 7.05 Å². The number of hydrogen-bond acceptors (Lipinski definition) is 3. The molecule has 0 spiro atoms. The first-order valence-electron chi connectivity index (χ1n) is 8.08. The van der Waals surface area contributed by atoms with Gasteiger partial charge in [0.25, 0.3) is 5.91 Å². The molecular weight excluding hydrogens is 332 g/mol. The minimum atomic E-state index is -0.102. The molecular formula is C19H18N4OS. The van der Waals surface area contributed by atoms with Crippen LogP contribution in [-0.2, 0) is 7.05 Å². The van der Waals surface area contributed by atoms with Crippen molar-refractivity contribution < 1.29 is 4.79 Å². The van der Waals surface area contributed by atoms with Gasteiger partial charge >= 0.3 is 0 Å². The van der Waals surface area contributed by atoms with Crippen LogP contribution in [-0.4, -0.2) is 27.2 Å². The van der Waals surface area contributed by atoms with Gasteiger partial charge in [-0.15, -0.1) is 11.3 Å². The number of aromatic amines is 1. The second-order valence-electron chi connectivity index (χ2n) is 5.97. The number of aryl methyl sites for hydroxylation is 1. The van der Waals surface area contributed by atoms with Crippen molar-refractivity contribution in [2.75, 3.05) is 6.54 Å². The lowest BCUT2D eigenvalue weighted by Gasteiger charge is -2.16. The molecule has 0 bridgehead atoms. The van der Waals surface area contributed by atoms with Gasteiger partial charge < -0.3 is 10.3 Å². The number of benzene rings is 1. The molecule has 25 heavy (non-hydrogen) atoms. The summed E-state index contributed by atoms with van der Waals surface area (Å²) in [5, 5.41) is 10.4. The van der Waals surface area contributed by atoms with Crippen LogP contribution in [0.25, 0.3) is 10.9 Å². The molecule has 0 aliphatic heterocycles. The molecule has 0 aliphatic rings. The van der Waals surface area contributed by atoms with Gasteiger partial charge in [0.1, 0.15) is 0 Å². The zero-order valence-electron chi connectivity index (χ0n) is 13.8. The fourth-order valence-electron chi connectivity index (χ4n) is 3.07. The number of rotatable bonds is 5. The van der Waals surface area contributed by atoms with E-state index in [2.05, 4.69) is 39.0 Å². The van der Waals surface area contributed by atoms with E-state index in [1.165, 1.54) is 15.8 Å². The molecule has 0 unspecified atom stereocenters. The maximum absolute atomic E-state index is 12.4. The number of fused-ring (bicyclic) bond motifs is 1. The number of thiophene rings is 1. The van der Waals surface area contributed by atoms with Crippen molar-refractivity contribution in [2.45, 2.75) is 5.92 Å². The van der Waals surface area contributed by atoms with Gasteiger partial charge in [0.15, 0.2) is 0 Å². The summed E-state index contributed by atoms with van der Waals surface area (Å²) in [5.41, 5.74) is 2.88. The molecule has 4 aromatic rings. The Balaban J connectivity index is 1.62. The van der Waals surface area contributed by atoms with Crippen molar-refractivity contribution in [1.29, 1.82) is 0 Å². The Labute approximate surface area is 149 Å². The Morgan fingerprint density at radius 2 is 2.20 bits per heavy atom. The number of nitrogens with zero attached hydrogens (tertiary/aromatic N) is 2. The number of carbonyl (C=O) groups excluding carboxylic acids is 1. The molecule has 3 heterocycles. The lowest BCUT2D eigenvalue weighted by atomic mass is 9.96. The third-order valence-corrected chi connectivity index (χ3v) is 5.30. The second kappa shape index (κ2) is 6.57. The fourth-order valence-corrected chi connectivity index (χ4v) is 3.92. The highest BCUT2D eigenvalue weighted by molar-refractivity contribution is 7.10. The summed E-state index contributed by atoms with van der Waals surface area (Å²) in [6.45, 7) is 0.538. The zero-order chi connectivity index (χ0) is 17.2. The SMILES string of the molecule is Cn1cc(C(=O)NC[C@H](c2cccs2)c2c[nH]c3ccccc23)cn1. The van der Waals surface area contributed by atoms with Crippen LogP contribution in [0, 0.1) is 0 Å². The maximum atomic E-state index is 12.4. The van der Waals surface area contributed by atoms with E-state index in [4.69, 9.17) is 0 Å². The van der Waals surface area contributed by atoms with Crippen molar-refractivity contribution >= 4 is 28.1 Å². The van der Waals surface area contributed by atoms with Gasteiger partial charge in [-0.05, 0) is 23.1 Å². The van der Waals surface area contributed by atoms with Gasteiger partial charge in [0.05, 0.1) is 11.8 Å². The van der Waals surface area contributed by atoms with E-state index in [-0.39, 0.29) is 11.8 Å². The third-order valence-electron chi connectivity index (χ3n) is 4.32. The second-order valence-corrected chi connectivity index (χ2v) is 6.95. The largest absolute Gasteiger partial charge is 0.361 e. The monoisotopic (exact) mass is 350 g/mol. The molecule has 5 nitrogen and oxygen atoms in total. The average Bonchev–Trinajstić information content (AvgIpc) is 3.36. The molecule has 1 atom stereocenters. The van der Waals surface area contributed by atoms with Gasteiger partial charge in [0, 0.05) is 47.7 Å². The van der Waals surface area contributed by atoms with Crippen molar-refractivity contribution in [3.63, 3.8) is 0 Å². The lowest BCUT2D eigenvalue weighted by molar-refractivity contribution is 0.0952. The molecule has 0 saturated heterocycles. The summed E-state index contributed by atoms with van der Waals surface area (Å²) < 4.78 is 1.63. The number of amides is 1. The minimum Gasteiger partial charge on any atom is -0.361 e. The van der Waals surface area contributed by atoms with Crippen molar-refractivity contribution in [1.82, 2.24) is 20.1 Å². The van der Waals surface area contributed by atoms with Gasteiger partial charge in [0.2, 0.25) is 0 Å². The van der Waals surface area contributed by atoms with E-state index in [1.807, 2.05) is 24.4 Å². The number of para-hydroxylation sites is 1. The highest BCUT2D eigenvalue weighted by Crippen LogP contribution is 2.32. The summed E-state index contributed by atoms with van der Waals surface area (Å²) >= 11 is 1.71. The third kappa shape index (κ3) is 3.08. The van der Waals surface area contributed by atoms with Crippen molar-refractivity contribution in [3.05, 3.63) is 76.4 Å². The van der Waals surface area contributed by atoms with Gasteiger partial charge in [-0.1, -0.05) is 24.3 Å². The molecule has 0 radical (unpaired) electrons. The van der Waals surface area contributed by atoms with Gasteiger partial charge in [-0.2, -0.15) is 5.10 Å². The highest BCUT2D eigenvalue weighted by Gasteiger charge is 2.20. The number of hydrogen-bond donors (Lipinski definition) is 2. The molecule has 1 amide bonds.